The van der Waals surface area contributed by atoms with Gasteiger partial charge in [-0.05, 0) is 38.2 Å². The quantitative estimate of drug-likeness (QED) is 0.849. The van der Waals surface area contributed by atoms with Crippen LogP contribution in [-0.2, 0) is 6.54 Å². The molecule has 1 atom stereocenters. The lowest BCUT2D eigenvalue weighted by atomic mass is 10.0. The van der Waals surface area contributed by atoms with E-state index in [1.807, 2.05) is 29.1 Å². The number of rotatable bonds is 7. The number of hydrogen-bond donors (Lipinski definition) is 1. The van der Waals surface area contributed by atoms with E-state index in [9.17, 15) is 0 Å². The van der Waals surface area contributed by atoms with Crippen LogP contribution in [0.25, 0.3) is 5.69 Å². The molecule has 0 radical (unpaired) electrons. The van der Waals surface area contributed by atoms with Crippen molar-refractivity contribution in [2.45, 2.75) is 26.4 Å². The minimum Gasteiger partial charge on any atom is -0.308 e. The monoisotopic (exact) mass is 286 g/mol. The van der Waals surface area contributed by atoms with Crippen molar-refractivity contribution in [1.82, 2.24) is 20.0 Å². The molecule has 1 unspecified atom stereocenters. The lowest BCUT2D eigenvalue weighted by Crippen LogP contribution is -2.41. The van der Waals surface area contributed by atoms with Gasteiger partial charge < -0.3 is 10.2 Å². The highest BCUT2D eigenvalue weighted by atomic mass is 15.3. The van der Waals surface area contributed by atoms with Crippen molar-refractivity contribution in [2.75, 3.05) is 20.6 Å². The van der Waals surface area contributed by atoms with Gasteiger partial charge in [-0.1, -0.05) is 32.0 Å². The van der Waals surface area contributed by atoms with Crippen molar-refractivity contribution in [2.24, 2.45) is 5.92 Å². The van der Waals surface area contributed by atoms with Crippen molar-refractivity contribution >= 4 is 0 Å². The van der Waals surface area contributed by atoms with E-state index < -0.39 is 0 Å². The van der Waals surface area contributed by atoms with Crippen molar-refractivity contribution in [1.29, 1.82) is 0 Å². The molecule has 0 saturated carbocycles. The highest BCUT2D eigenvalue weighted by molar-refractivity contribution is 5.30. The zero-order valence-electron chi connectivity index (χ0n) is 13.5. The van der Waals surface area contributed by atoms with Gasteiger partial charge in [0.2, 0.25) is 0 Å². The molecule has 4 nitrogen and oxygen atoms in total. The van der Waals surface area contributed by atoms with Gasteiger partial charge in [0.15, 0.2) is 0 Å². The lowest BCUT2D eigenvalue weighted by molar-refractivity contribution is 0.287. The van der Waals surface area contributed by atoms with E-state index in [0.717, 1.165) is 24.5 Å². The molecule has 2 rings (SSSR count). The fourth-order valence-electron chi connectivity index (χ4n) is 2.32. The van der Waals surface area contributed by atoms with Crippen LogP contribution >= 0.6 is 0 Å². The lowest BCUT2D eigenvalue weighted by Gasteiger charge is -2.25. The smallest absolute Gasteiger partial charge is 0.0766 e. The number of benzene rings is 1. The summed E-state index contributed by atoms with van der Waals surface area (Å²) < 4.78 is 1.92. The Morgan fingerprint density at radius 2 is 1.86 bits per heavy atom. The second kappa shape index (κ2) is 7.38. The third-order valence-electron chi connectivity index (χ3n) is 3.58. The first kappa shape index (κ1) is 15.7. The maximum Gasteiger partial charge on any atom is 0.0766 e. The van der Waals surface area contributed by atoms with Gasteiger partial charge in [0.05, 0.1) is 11.4 Å². The Bertz CT molecular complexity index is 531. The molecule has 2 aromatic rings. The molecule has 1 heterocycles. The molecule has 0 spiro atoms. The first-order chi connectivity index (χ1) is 10.1. The van der Waals surface area contributed by atoms with E-state index in [-0.39, 0.29) is 0 Å². The Kier molecular flexibility index (Phi) is 5.53. The van der Waals surface area contributed by atoms with Gasteiger partial charge in [-0.3, -0.25) is 0 Å². The minimum absolute atomic E-state index is 0.474. The van der Waals surface area contributed by atoms with Crippen LogP contribution in [-0.4, -0.2) is 41.4 Å². The molecule has 0 aliphatic heterocycles. The summed E-state index contributed by atoms with van der Waals surface area (Å²) in [7, 11) is 4.22. The summed E-state index contributed by atoms with van der Waals surface area (Å²) in [6.45, 7) is 6.35. The van der Waals surface area contributed by atoms with Crippen LogP contribution in [0.1, 0.15) is 19.5 Å². The van der Waals surface area contributed by atoms with Gasteiger partial charge in [0.25, 0.3) is 0 Å². The van der Waals surface area contributed by atoms with Gasteiger partial charge >= 0.3 is 0 Å². The van der Waals surface area contributed by atoms with E-state index >= 15 is 0 Å². The molecule has 1 N–H and O–H groups in total. The number of nitrogens with zero attached hydrogens (tertiary/aromatic N) is 3. The third kappa shape index (κ3) is 4.69. The molecule has 21 heavy (non-hydrogen) atoms. The van der Waals surface area contributed by atoms with E-state index in [0.29, 0.717) is 12.0 Å². The third-order valence-corrected chi connectivity index (χ3v) is 3.58. The Morgan fingerprint density at radius 3 is 2.48 bits per heavy atom. The Balaban J connectivity index is 1.96. The first-order valence-corrected chi connectivity index (χ1v) is 7.54. The molecular weight excluding hydrogens is 260 g/mol. The number of para-hydroxylation sites is 1. The number of nitrogens with one attached hydrogen (secondary N) is 1. The second-order valence-corrected chi connectivity index (χ2v) is 6.08. The topological polar surface area (TPSA) is 33.1 Å². The van der Waals surface area contributed by atoms with Crippen molar-refractivity contribution in [3.63, 3.8) is 0 Å². The molecule has 0 aliphatic carbocycles. The molecule has 0 aliphatic rings. The summed E-state index contributed by atoms with van der Waals surface area (Å²) in [5.74, 6) is 0.601. The standard InChI is InChI=1S/C17H26N4/c1-14(2)17(13-20(3)4)18-12-15-10-11-21(19-15)16-8-6-5-7-9-16/h5-11,14,17-18H,12-13H2,1-4H3. The van der Waals surface area contributed by atoms with Crippen LogP contribution in [0.5, 0.6) is 0 Å². The Morgan fingerprint density at radius 1 is 1.14 bits per heavy atom. The van der Waals surface area contributed by atoms with Crippen LogP contribution < -0.4 is 5.32 Å². The van der Waals surface area contributed by atoms with Gasteiger partial charge in [-0.15, -0.1) is 0 Å². The molecule has 114 valence electrons. The van der Waals surface area contributed by atoms with Crippen LogP contribution in [0.3, 0.4) is 0 Å². The second-order valence-electron chi connectivity index (χ2n) is 6.08. The summed E-state index contributed by atoms with van der Waals surface area (Å²) in [6.07, 6.45) is 2.02. The van der Waals surface area contributed by atoms with E-state index in [2.05, 4.69) is 61.5 Å². The number of aromatic nitrogens is 2. The molecule has 1 aromatic carbocycles. The number of hydrogen-bond acceptors (Lipinski definition) is 3. The van der Waals surface area contributed by atoms with E-state index in [1.54, 1.807) is 0 Å². The normalized spacial score (nSPS) is 13.0. The highest BCUT2D eigenvalue weighted by Gasteiger charge is 2.14. The van der Waals surface area contributed by atoms with E-state index in [1.165, 1.54) is 0 Å². The van der Waals surface area contributed by atoms with Gasteiger partial charge in [-0.2, -0.15) is 5.10 Å². The average Bonchev–Trinajstić information content (AvgIpc) is 2.92. The predicted octanol–water partition coefficient (Wildman–Crippen LogP) is 2.55. The van der Waals surface area contributed by atoms with Gasteiger partial charge in [0, 0.05) is 25.3 Å². The van der Waals surface area contributed by atoms with Crippen LogP contribution in [0, 0.1) is 5.92 Å². The Labute approximate surface area is 127 Å². The molecule has 4 heteroatoms. The maximum atomic E-state index is 4.63. The first-order valence-electron chi connectivity index (χ1n) is 7.54. The van der Waals surface area contributed by atoms with E-state index in [4.69, 9.17) is 0 Å². The summed E-state index contributed by atoms with van der Waals surface area (Å²) >= 11 is 0. The fraction of sp³-hybridized carbons (Fsp3) is 0.471. The van der Waals surface area contributed by atoms with Gasteiger partial charge in [0.1, 0.15) is 0 Å². The van der Waals surface area contributed by atoms with Crippen molar-refractivity contribution in [3.05, 3.63) is 48.3 Å². The van der Waals surface area contributed by atoms with Crippen LogP contribution in [0.2, 0.25) is 0 Å². The molecule has 0 fully saturated rings. The molecule has 0 saturated heterocycles. The summed E-state index contributed by atoms with van der Waals surface area (Å²) in [5.41, 5.74) is 2.17. The summed E-state index contributed by atoms with van der Waals surface area (Å²) in [6, 6.07) is 12.8. The predicted molar refractivity (Wildman–Crippen MR) is 87.6 cm³/mol. The molecule has 0 amide bonds. The van der Waals surface area contributed by atoms with Crippen LogP contribution in [0.15, 0.2) is 42.6 Å². The zero-order chi connectivity index (χ0) is 15.2. The summed E-state index contributed by atoms with van der Waals surface area (Å²) in [4.78, 5) is 2.22. The average molecular weight is 286 g/mol. The SMILES string of the molecule is CC(C)C(CN(C)C)NCc1ccn(-c2ccccc2)n1. The molecule has 0 bridgehead atoms. The Hall–Kier alpha value is -1.65. The summed E-state index contributed by atoms with van der Waals surface area (Å²) in [5, 5.41) is 8.25. The van der Waals surface area contributed by atoms with Gasteiger partial charge in [-0.25, -0.2) is 4.68 Å². The molecule has 1 aromatic heterocycles. The largest absolute Gasteiger partial charge is 0.308 e. The van der Waals surface area contributed by atoms with Crippen LogP contribution in [0.4, 0.5) is 0 Å². The van der Waals surface area contributed by atoms with Crippen molar-refractivity contribution in [3.8, 4) is 5.69 Å². The number of likely N-dealkylation sites (N-methyl/N-ethyl adjacent to an activating group) is 1. The van der Waals surface area contributed by atoms with Crippen molar-refractivity contribution < 1.29 is 0 Å². The highest BCUT2D eigenvalue weighted by Crippen LogP contribution is 2.08. The zero-order valence-corrected chi connectivity index (χ0v) is 13.5. The minimum atomic E-state index is 0.474. The molecular formula is C17H26N4. The maximum absolute atomic E-state index is 4.63. The fourth-order valence-corrected chi connectivity index (χ4v) is 2.32.